The zero-order valence-corrected chi connectivity index (χ0v) is 23.7. The van der Waals surface area contributed by atoms with E-state index < -0.39 is 0 Å². The van der Waals surface area contributed by atoms with E-state index in [-0.39, 0.29) is 18.0 Å². The van der Waals surface area contributed by atoms with Gasteiger partial charge in [-0.05, 0) is 82.2 Å². The van der Waals surface area contributed by atoms with Crippen LogP contribution in [0.25, 0.3) is 21.6 Å². The highest BCUT2D eigenvalue weighted by molar-refractivity contribution is 7.18. The molecule has 39 heavy (non-hydrogen) atoms. The molecule has 5 rings (SSSR count). The van der Waals surface area contributed by atoms with Crippen molar-refractivity contribution in [2.45, 2.75) is 59.4 Å². The van der Waals surface area contributed by atoms with E-state index in [1.807, 2.05) is 63.2 Å². The van der Waals surface area contributed by atoms with E-state index in [1.54, 1.807) is 15.9 Å². The van der Waals surface area contributed by atoms with Crippen LogP contribution in [0.2, 0.25) is 0 Å². The number of aromatic nitrogens is 2. The smallest absolute Gasteiger partial charge is 0.263 e. The van der Waals surface area contributed by atoms with Gasteiger partial charge in [0.1, 0.15) is 17.2 Å². The Kier molecular flexibility index (Phi) is 8.31. The molecule has 2 aromatic carbocycles. The van der Waals surface area contributed by atoms with E-state index in [0.717, 1.165) is 52.8 Å². The van der Waals surface area contributed by atoms with Crippen molar-refractivity contribution in [3.05, 3.63) is 74.4 Å². The van der Waals surface area contributed by atoms with Gasteiger partial charge >= 0.3 is 0 Å². The molecule has 0 unspecified atom stereocenters. The molecule has 204 valence electrons. The molecule has 0 fully saturated rings. The number of benzene rings is 2. The molecule has 4 aromatic rings. The van der Waals surface area contributed by atoms with Gasteiger partial charge in [0.25, 0.3) is 5.56 Å². The summed E-state index contributed by atoms with van der Waals surface area (Å²) in [7, 11) is 0. The molecule has 1 aliphatic carbocycles. The lowest BCUT2D eigenvalue weighted by molar-refractivity contribution is -0.121. The van der Waals surface area contributed by atoms with E-state index in [4.69, 9.17) is 14.5 Å². The van der Waals surface area contributed by atoms with Crippen LogP contribution in [0.1, 0.15) is 48.3 Å². The van der Waals surface area contributed by atoms with Gasteiger partial charge in [-0.3, -0.25) is 14.2 Å². The molecule has 0 bridgehead atoms. The number of carbonyl (C=O) groups excluding carboxylic acids is 1. The number of aryl methyl sites for hydroxylation is 3. The standard InChI is InChI=1S/C31H35N3O4S/c1-4-37-24-14-13-21(18-25(24)38-5-2)15-16-32-27(35)19-34-29(22-10-8-9-20(3)17-22)33-30-28(31(34)36)23-11-6-7-12-26(23)39-30/h8-10,13-14,17-18H,4-7,11-12,15-16,19H2,1-3H3,(H,32,35). The number of hydrogen-bond donors (Lipinski definition) is 1. The second-order valence-electron chi connectivity index (χ2n) is 9.83. The minimum Gasteiger partial charge on any atom is -0.490 e. The molecule has 0 saturated carbocycles. The number of carbonyl (C=O) groups is 1. The third-order valence-corrected chi connectivity index (χ3v) is 8.18. The van der Waals surface area contributed by atoms with E-state index in [0.29, 0.717) is 48.9 Å². The van der Waals surface area contributed by atoms with Gasteiger partial charge in [0.2, 0.25) is 5.91 Å². The Morgan fingerprint density at radius 1 is 1.05 bits per heavy atom. The molecule has 2 aromatic heterocycles. The number of nitrogens with zero attached hydrogens (tertiary/aromatic N) is 2. The lowest BCUT2D eigenvalue weighted by Crippen LogP contribution is -2.34. The molecule has 0 radical (unpaired) electrons. The van der Waals surface area contributed by atoms with Crippen molar-refractivity contribution in [1.82, 2.24) is 14.9 Å². The molecule has 1 aliphatic rings. The second kappa shape index (κ2) is 12.0. The highest BCUT2D eigenvalue weighted by Gasteiger charge is 2.23. The van der Waals surface area contributed by atoms with Gasteiger partial charge in [0.15, 0.2) is 11.5 Å². The van der Waals surface area contributed by atoms with Gasteiger partial charge in [-0.1, -0.05) is 29.8 Å². The quantitative estimate of drug-likeness (QED) is 0.286. The van der Waals surface area contributed by atoms with E-state index in [9.17, 15) is 9.59 Å². The van der Waals surface area contributed by atoms with Crippen molar-refractivity contribution in [3.63, 3.8) is 0 Å². The Morgan fingerprint density at radius 2 is 1.85 bits per heavy atom. The van der Waals surface area contributed by atoms with E-state index >= 15 is 0 Å². The summed E-state index contributed by atoms with van der Waals surface area (Å²) in [6, 6.07) is 13.8. The Balaban J connectivity index is 1.38. The van der Waals surface area contributed by atoms with Gasteiger partial charge in [0, 0.05) is 17.0 Å². The maximum absolute atomic E-state index is 13.9. The topological polar surface area (TPSA) is 82.5 Å². The fraction of sp³-hybridized carbons (Fsp3) is 0.387. The Morgan fingerprint density at radius 3 is 2.64 bits per heavy atom. The Bertz CT molecular complexity index is 1560. The highest BCUT2D eigenvalue weighted by Crippen LogP contribution is 2.35. The first-order valence-electron chi connectivity index (χ1n) is 13.8. The first-order chi connectivity index (χ1) is 19.0. The summed E-state index contributed by atoms with van der Waals surface area (Å²) in [6.07, 6.45) is 4.74. The number of amides is 1. The van der Waals surface area contributed by atoms with Crippen LogP contribution < -0.4 is 20.3 Å². The number of fused-ring (bicyclic) bond motifs is 3. The summed E-state index contributed by atoms with van der Waals surface area (Å²) >= 11 is 1.63. The van der Waals surface area contributed by atoms with Crippen LogP contribution in [0.3, 0.4) is 0 Å². The van der Waals surface area contributed by atoms with Crippen LogP contribution in [-0.2, 0) is 30.6 Å². The lowest BCUT2D eigenvalue weighted by atomic mass is 9.97. The summed E-state index contributed by atoms with van der Waals surface area (Å²) in [6.45, 7) is 7.36. The van der Waals surface area contributed by atoms with Gasteiger partial charge in [-0.2, -0.15) is 0 Å². The van der Waals surface area contributed by atoms with E-state index in [1.165, 1.54) is 4.88 Å². The van der Waals surface area contributed by atoms with Crippen molar-refractivity contribution < 1.29 is 14.3 Å². The van der Waals surface area contributed by atoms with Gasteiger partial charge in [-0.25, -0.2) is 4.98 Å². The van der Waals surface area contributed by atoms with E-state index in [2.05, 4.69) is 5.32 Å². The largest absolute Gasteiger partial charge is 0.490 e. The molecular weight excluding hydrogens is 510 g/mol. The molecule has 2 heterocycles. The predicted octanol–water partition coefficient (Wildman–Crippen LogP) is 5.47. The monoisotopic (exact) mass is 545 g/mol. The lowest BCUT2D eigenvalue weighted by Gasteiger charge is -2.15. The SMILES string of the molecule is CCOc1ccc(CCNC(=O)Cn2c(-c3cccc(C)c3)nc3sc4c(c3c2=O)CCCC4)cc1OCC. The van der Waals surface area contributed by atoms with Crippen LogP contribution in [0.5, 0.6) is 11.5 Å². The Labute approximate surface area is 232 Å². The van der Waals surface area contributed by atoms with Crippen LogP contribution >= 0.6 is 11.3 Å². The van der Waals surface area contributed by atoms with Crippen LogP contribution in [-0.4, -0.2) is 35.2 Å². The van der Waals surface area contributed by atoms with Crippen LogP contribution in [0.15, 0.2) is 47.3 Å². The number of hydrogen-bond acceptors (Lipinski definition) is 6. The normalized spacial score (nSPS) is 12.8. The van der Waals surface area contributed by atoms with Crippen molar-refractivity contribution in [3.8, 4) is 22.9 Å². The molecule has 0 atom stereocenters. The molecular formula is C31H35N3O4S. The summed E-state index contributed by atoms with van der Waals surface area (Å²) in [5.41, 5.74) is 3.95. The first-order valence-corrected chi connectivity index (χ1v) is 14.6. The van der Waals surface area contributed by atoms with Crippen molar-refractivity contribution >= 4 is 27.5 Å². The fourth-order valence-corrected chi connectivity index (χ4v) is 6.44. The van der Waals surface area contributed by atoms with Crippen LogP contribution in [0, 0.1) is 6.92 Å². The fourth-order valence-electron chi connectivity index (χ4n) is 5.19. The van der Waals surface area contributed by atoms with Crippen molar-refractivity contribution in [1.29, 1.82) is 0 Å². The highest BCUT2D eigenvalue weighted by atomic mass is 32.1. The molecule has 0 spiro atoms. The molecule has 1 N–H and O–H groups in total. The molecule has 1 amide bonds. The molecule has 0 saturated heterocycles. The summed E-state index contributed by atoms with van der Waals surface area (Å²) < 4.78 is 12.9. The number of ether oxygens (including phenoxy) is 2. The third kappa shape index (κ3) is 5.86. The maximum atomic E-state index is 13.9. The van der Waals surface area contributed by atoms with Gasteiger partial charge in [0.05, 0.1) is 18.6 Å². The first kappa shape index (κ1) is 26.9. The number of nitrogens with one attached hydrogen (secondary N) is 1. The molecule has 0 aliphatic heterocycles. The van der Waals surface area contributed by atoms with Crippen molar-refractivity contribution in [2.24, 2.45) is 0 Å². The number of rotatable bonds is 10. The maximum Gasteiger partial charge on any atom is 0.263 e. The van der Waals surface area contributed by atoms with Crippen LogP contribution in [0.4, 0.5) is 0 Å². The zero-order valence-electron chi connectivity index (χ0n) is 22.8. The summed E-state index contributed by atoms with van der Waals surface area (Å²) in [5.74, 6) is 1.75. The summed E-state index contributed by atoms with van der Waals surface area (Å²) in [5, 5.41) is 3.69. The molecule has 8 heteroatoms. The third-order valence-electron chi connectivity index (χ3n) is 7.00. The minimum absolute atomic E-state index is 0.0802. The summed E-state index contributed by atoms with van der Waals surface area (Å²) in [4.78, 5) is 34.0. The second-order valence-corrected chi connectivity index (χ2v) is 10.9. The predicted molar refractivity (Wildman–Crippen MR) is 156 cm³/mol. The Hall–Kier alpha value is -3.65. The van der Waals surface area contributed by atoms with Gasteiger partial charge in [-0.15, -0.1) is 11.3 Å². The van der Waals surface area contributed by atoms with Gasteiger partial charge < -0.3 is 14.8 Å². The minimum atomic E-state index is -0.216. The van der Waals surface area contributed by atoms with Crippen molar-refractivity contribution in [2.75, 3.05) is 19.8 Å². The zero-order chi connectivity index (χ0) is 27.4. The average Bonchev–Trinajstić information content (AvgIpc) is 3.30. The average molecular weight is 546 g/mol. The number of thiophene rings is 1. The molecule has 7 nitrogen and oxygen atoms in total.